The number of ether oxygens (including phenoxy) is 1. The standard InChI is InChI=1S/C28H33N5O/c1-4-28(17-8-18-32(5-2)20-28)21-11-13-22(14-12-21)30-27-29-19-23-15-16-25(33(23)31-27)24-9-6-7-10-26(24)34-3/h6-7,9-16,19H,4-5,8,17-18,20H2,1-3H3,(H,30,31). The highest BCUT2D eigenvalue weighted by Gasteiger charge is 2.34. The summed E-state index contributed by atoms with van der Waals surface area (Å²) in [5, 5.41) is 8.17. The van der Waals surface area contributed by atoms with Gasteiger partial charge in [-0.1, -0.05) is 38.1 Å². The van der Waals surface area contributed by atoms with Gasteiger partial charge in [0.2, 0.25) is 5.95 Å². The first kappa shape index (κ1) is 22.4. The van der Waals surface area contributed by atoms with Gasteiger partial charge in [-0.05, 0) is 74.3 Å². The molecule has 5 rings (SSSR count). The van der Waals surface area contributed by atoms with E-state index in [2.05, 4.69) is 53.3 Å². The molecule has 0 bridgehead atoms. The Morgan fingerprint density at radius 1 is 1.03 bits per heavy atom. The molecule has 6 heteroatoms. The number of hydrogen-bond donors (Lipinski definition) is 1. The first-order valence-corrected chi connectivity index (χ1v) is 12.2. The first-order chi connectivity index (χ1) is 16.7. The van der Waals surface area contributed by atoms with E-state index in [0.717, 1.165) is 47.7 Å². The zero-order valence-electron chi connectivity index (χ0n) is 20.3. The van der Waals surface area contributed by atoms with Crippen LogP contribution in [0.4, 0.5) is 11.6 Å². The van der Waals surface area contributed by atoms with Crippen LogP contribution >= 0.6 is 0 Å². The Bertz CT molecular complexity index is 1270. The van der Waals surface area contributed by atoms with E-state index in [0.29, 0.717) is 5.95 Å². The lowest BCUT2D eigenvalue weighted by atomic mass is 9.72. The number of para-hydroxylation sites is 1. The topological polar surface area (TPSA) is 54.7 Å². The Balaban J connectivity index is 1.40. The molecule has 0 radical (unpaired) electrons. The van der Waals surface area contributed by atoms with E-state index in [4.69, 9.17) is 9.84 Å². The van der Waals surface area contributed by atoms with Gasteiger partial charge in [0, 0.05) is 23.2 Å². The van der Waals surface area contributed by atoms with Crippen LogP contribution in [0.15, 0.2) is 66.9 Å². The molecule has 1 aliphatic heterocycles. The fourth-order valence-corrected chi connectivity index (χ4v) is 5.28. The lowest BCUT2D eigenvalue weighted by molar-refractivity contribution is 0.148. The Hall–Kier alpha value is -3.38. The van der Waals surface area contributed by atoms with Gasteiger partial charge >= 0.3 is 0 Å². The molecule has 6 nitrogen and oxygen atoms in total. The van der Waals surface area contributed by atoms with Crippen LogP contribution in [0.3, 0.4) is 0 Å². The van der Waals surface area contributed by atoms with Gasteiger partial charge in [0.15, 0.2) is 0 Å². The molecule has 1 atom stereocenters. The SMILES string of the molecule is CCN1CCCC(CC)(c2ccc(Nc3ncc4ccc(-c5ccccc5OC)n4n3)cc2)C1. The summed E-state index contributed by atoms with van der Waals surface area (Å²) in [7, 11) is 1.69. The zero-order valence-corrected chi connectivity index (χ0v) is 20.3. The Kier molecular flexibility index (Phi) is 6.24. The van der Waals surface area contributed by atoms with Gasteiger partial charge in [-0.3, -0.25) is 0 Å². The minimum Gasteiger partial charge on any atom is -0.496 e. The number of aromatic nitrogens is 3. The molecule has 4 aromatic rings. The van der Waals surface area contributed by atoms with Gasteiger partial charge in [0.1, 0.15) is 5.75 Å². The van der Waals surface area contributed by atoms with E-state index in [-0.39, 0.29) is 5.41 Å². The molecule has 3 heterocycles. The average Bonchev–Trinajstić information content (AvgIpc) is 3.32. The maximum atomic E-state index is 5.56. The van der Waals surface area contributed by atoms with Crippen LogP contribution in [-0.2, 0) is 5.41 Å². The maximum Gasteiger partial charge on any atom is 0.245 e. The summed E-state index contributed by atoms with van der Waals surface area (Å²) in [6.45, 7) is 8.07. The fraction of sp³-hybridized carbons (Fsp3) is 0.357. The van der Waals surface area contributed by atoms with Crippen molar-refractivity contribution in [1.29, 1.82) is 0 Å². The molecule has 0 aliphatic carbocycles. The quantitative estimate of drug-likeness (QED) is 0.375. The number of nitrogens with zero attached hydrogens (tertiary/aromatic N) is 4. The summed E-state index contributed by atoms with van der Waals surface area (Å²) >= 11 is 0. The molecule has 1 unspecified atom stereocenters. The lowest BCUT2D eigenvalue weighted by Gasteiger charge is -2.42. The normalized spacial score (nSPS) is 18.8. The van der Waals surface area contributed by atoms with E-state index in [1.54, 1.807) is 7.11 Å². The molecule has 0 amide bonds. The average molecular weight is 456 g/mol. The molecule has 1 saturated heterocycles. The predicted octanol–water partition coefficient (Wildman–Crippen LogP) is 5.91. The van der Waals surface area contributed by atoms with E-state index >= 15 is 0 Å². The second-order valence-electron chi connectivity index (χ2n) is 9.15. The van der Waals surface area contributed by atoms with E-state index < -0.39 is 0 Å². The predicted molar refractivity (Wildman–Crippen MR) is 138 cm³/mol. The van der Waals surface area contributed by atoms with Crippen molar-refractivity contribution in [2.45, 2.75) is 38.5 Å². The molecular formula is C28H33N5O. The molecule has 2 aromatic heterocycles. The third-order valence-electron chi connectivity index (χ3n) is 7.31. The largest absolute Gasteiger partial charge is 0.496 e. The van der Waals surface area contributed by atoms with Gasteiger partial charge in [-0.2, -0.15) is 0 Å². The van der Waals surface area contributed by atoms with Gasteiger partial charge < -0.3 is 15.0 Å². The highest BCUT2D eigenvalue weighted by Crippen LogP contribution is 2.37. The van der Waals surface area contributed by atoms with E-state index in [1.807, 2.05) is 47.1 Å². The Labute approximate surface area is 201 Å². The number of hydrogen-bond acceptors (Lipinski definition) is 5. The van der Waals surface area contributed by atoms with Crippen LogP contribution in [0.25, 0.3) is 16.8 Å². The van der Waals surface area contributed by atoms with Gasteiger partial charge in [0.25, 0.3) is 0 Å². The molecule has 1 aliphatic rings. The monoisotopic (exact) mass is 455 g/mol. The zero-order chi connectivity index (χ0) is 23.5. The summed E-state index contributed by atoms with van der Waals surface area (Å²) in [4.78, 5) is 7.12. The highest BCUT2D eigenvalue weighted by molar-refractivity contribution is 5.72. The van der Waals surface area contributed by atoms with Crippen LogP contribution < -0.4 is 10.1 Å². The molecule has 1 N–H and O–H groups in total. The van der Waals surface area contributed by atoms with Gasteiger partial charge in [-0.25, -0.2) is 9.50 Å². The number of rotatable bonds is 7. The van der Waals surface area contributed by atoms with Gasteiger partial charge in [0.05, 0.1) is 24.5 Å². The van der Waals surface area contributed by atoms with Crippen molar-refractivity contribution in [3.63, 3.8) is 0 Å². The third-order valence-corrected chi connectivity index (χ3v) is 7.31. The number of likely N-dealkylation sites (tertiary alicyclic amines) is 1. The number of benzene rings is 2. The molecule has 176 valence electrons. The molecule has 1 fully saturated rings. The Morgan fingerprint density at radius 2 is 1.85 bits per heavy atom. The van der Waals surface area contributed by atoms with Crippen LogP contribution in [0, 0.1) is 0 Å². The maximum absolute atomic E-state index is 5.56. The molecule has 2 aromatic carbocycles. The van der Waals surface area contributed by atoms with Crippen molar-refractivity contribution in [2.24, 2.45) is 0 Å². The molecule has 0 saturated carbocycles. The summed E-state index contributed by atoms with van der Waals surface area (Å²) in [5.41, 5.74) is 5.57. The number of likely N-dealkylation sites (N-methyl/N-ethyl adjacent to an activating group) is 1. The second-order valence-corrected chi connectivity index (χ2v) is 9.15. The molecular weight excluding hydrogens is 422 g/mol. The summed E-state index contributed by atoms with van der Waals surface area (Å²) in [6.07, 6.45) is 5.53. The summed E-state index contributed by atoms with van der Waals surface area (Å²) < 4.78 is 7.47. The number of piperidine rings is 1. The first-order valence-electron chi connectivity index (χ1n) is 12.2. The molecule has 34 heavy (non-hydrogen) atoms. The minimum atomic E-state index is 0.247. The number of nitrogens with one attached hydrogen (secondary N) is 1. The fourth-order valence-electron chi connectivity index (χ4n) is 5.28. The van der Waals surface area contributed by atoms with Crippen molar-refractivity contribution in [1.82, 2.24) is 19.5 Å². The third kappa shape index (κ3) is 4.14. The van der Waals surface area contributed by atoms with Crippen molar-refractivity contribution in [3.05, 3.63) is 72.4 Å². The number of anilines is 2. The van der Waals surface area contributed by atoms with Crippen molar-refractivity contribution in [2.75, 3.05) is 32.1 Å². The number of fused-ring (bicyclic) bond motifs is 1. The highest BCUT2D eigenvalue weighted by atomic mass is 16.5. The minimum absolute atomic E-state index is 0.247. The van der Waals surface area contributed by atoms with Crippen LogP contribution in [-0.4, -0.2) is 46.2 Å². The summed E-state index contributed by atoms with van der Waals surface area (Å²) in [5.74, 6) is 1.38. The van der Waals surface area contributed by atoms with Crippen molar-refractivity contribution in [3.8, 4) is 17.0 Å². The van der Waals surface area contributed by atoms with Crippen molar-refractivity contribution >= 4 is 17.2 Å². The van der Waals surface area contributed by atoms with Crippen LogP contribution in [0.1, 0.15) is 38.7 Å². The smallest absolute Gasteiger partial charge is 0.245 e. The van der Waals surface area contributed by atoms with Crippen molar-refractivity contribution < 1.29 is 4.74 Å². The van der Waals surface area contributed by atoms with E-state index in [1.165, 1.54) is 24.9 Å². The van der Waals surface area contributed by atoms with E-state index in [9.17, 15) is 0 Å². The molecule has 0 spiro atoms. The number of methoxy groups -OCH3 is 1. The van der Waals surface area contributed by atoms with Crippen LogP contribution in [0.2, 0.25) is 0 Å². The summed E-state index contributed by atoms with van der Waals surface area (Å²) in [6, 6.07) is 20.9. The van der Waals surface area contributed by atoms with Gasteiger partial charge in [-0.15, -0.1) is 5.10 Å². The lowest BCUT2D eigenvalue weighted by Crippen LogP contribution is -2.45. The van der Waals surface area contributed by atoms with Crippen LogP contribution in [0.5, 0.6) is 5.75 Å². The second kappa shape index (κ2) is 9.47. The Morgan fingerprint density at radius 3 is 2.62 bits per heavy atom.